The zero-order valence-electron chi connectivity index (χ0n) is 16.6. The predicted molar refractivity (Wildman–Crippen MR) is 120 cm³/mol. The van der Waals surface area contributed by atoms with Crippen LogP contribution in [0.2, 0.25) is 5.02 Å². The number of nitrogens with zero attached hydrogens (tertiary/aromatic N) is 1. The second kappa shape index (κ2) is 10.7. The van der Waals surface area contributed by atoms with Gasteiger partial charge in [0.25, 0.3) is 5.91 Å². The molecule has 1 heterocycles. The Balaban J connectivity index is 1.81. The molecule has 4 nitrogen and oxygen atoms in total. The van der Waals surface area contributed by atoms with E-state index in [4.69, 9.17) is 11.6 Å². The molecule has 3 rings (SSSR count). The minimum Gasteiger partial charge on any atom is -0.354 e. The Morgan fingerprint density at radius 3 is 2.52 bits per heavy atom. The number of thioether (sulfide) groups is 1. The number of benzene rings is 2. The van der Waals surface area contributed by atoms with Crippen molar-refractivity contribution in [1.29, 1.82) is 0 Å². The van der Waals surface area contributed by atoms with Crippen molar-refractivity contribution in [2.24, 2.45) is 0 Å². The van der Waals surface area contributed by atoms with Crippen LogP contribution in [0, 0.1) is 0 Å². The first-order valence-electron chi connectivity index (χ1n) is 10.1. The highest BCUT2D eigenvalue weighted by atomic mass is 35.5. The van der Waals surface area contributed by atoms with Crippen LogP contribution in [0.1, 0.15) is 53.9 Å². The smallest absolute Gasteiger partial charge is 0.255 e. The van der Waals surface area contributed by atoms with E-state index in [1.807, 2.05) is 42.5 Å². The van der Waals surface area contributed by atoms with Crippen molar-refractivity contribution in [3.8, 4) is 0 Å². The van der Waals surface area contributed by atoms with Gasteiger partial charge in [-0.3, -0.25) is 9.59 Å². The maximum absolute atomic E-state index is 13.4. The van der Waals surface area contributed by atoms with Crippen molar-refractivity contribution in [2.45, 2.75) is 44.0 Å². The first-order valence-corrected chi connectivity index (χ1v) is 11.6. The van der Waals surface area contributed by atoms with Crippen molar-refractivity contribution in [1.82, 2.24) is 10.2 Å². The molecule has 0 aromatic heterocycles. The van der Waals surface area contributed by atoms with Gasteiger partial charge in [-0.25, -0.2) is 0 Å². The van der Waals surface area contributed by atoms with Gasteiger partial charge in [0.15, 0.2) is 0 Å². The average molecular weight is 431 g/mol. The summed E-state index contributed by atoms with van der Waals surface area (Å²) >= 11 is 8.01. The number of hydrogen-bond acceptors (Lipinski definition) is 3. The van der Waals surface area contributed by atoms with Crippen LogP contribution in [-0.2, 0) is 4.79 Å². The van der Waals surface area contributed by atoms with E-state index < -0.39 is 6.04 Å². The molecular formula is C23H27ClN2O2S. The summed E-state index contributed by atoms with van der Waals surface area (Å²) in [7, 11) is 0. The van der Waals surface area contributed by atoms with Gasteiger partial charge in [-0.15, -0.1) is 11.8 Å². The van der Waals surface area contributed by atoms with Crippen LogP contribution in [-0.4, -0.2) is 35.1 Å². The lowest BCUT2D eigenvalue weighted by molar-refractivity contribution is -0.124. The number of carbonyl (C=O) groups excluding carboxylic acids is 2. The second-order valence-electron chi connectivity index (χ2n) is 7.15. The van der Waals surface area contributed by atoms with Gasteiger partial charge in [-0.1, -0.05) is 74.2 Å². The van der Waals surface area contributed by atoms with E-state index in [0.717, 1.165) is 24.8 Å². The molecule has 154 valence electrons. The quantitative estimate of drug-likeness (QED) is 0.578. The SMILES string of the molecule is CCCCCCNC(=O)C1CSC(c2ccccc2Cl)N1C(=O)c1ccccc1. The number of nitrogens with one attached hydrogen (secondary N) is 1. The summed E-state index contributed by atoms with van der Waals surface area (Å²) in [5.41, 5.74) is 1.44. The molecule has 2 amide bonds. The number of unbranched alkanes of at least 4 members (excludes halogenated alkanes) is 3. The lowest BCUT2D eigenvalue weighted by Gasteiger charge is -2.29. The van der Waals surface area contributed by atoms with Gasteiger partial charge in [0, 0.05) is 28.4 Å². The summed E-state index contributed by atoms with van der Waals surface area (Å²) in [6.45, 7) is 2.81. The van der Waals surface area contributed by atoms with E-state index in [1.165, 1.54) is 6.42 Å². The zero-order chi connectivity index (χ0) is 20.6. The van der Waals surface area contributed by atoms with E-state index in [0.29, 0.717) is 22.9 Å². The number of amides is 2. The van der Waals surface area contributed by atoms with Crippen LogP contribution in [0.4, 0.5) is 0 Å². The number of hydrogen-bond donors (Lipinski definition) is 1. The third-order valence-electron chi connectivity index (χ3n) is 5.06. The van der Waals surface area contributed by atoms with Gasteiger partial charge in [0.1, 0.15) is 11.4 Å². The van der Waals surface area contributed by atoms with Gasteiger partial charge < -0.3 is 10.2 Å². The lowest BCUT2D eigenvalue weighted by Crippen LogP contribution is -2.48. The average Bonchev–Trinajstić information content (AvgIpc) is 3.19. The molecule has 1 saturated heterocycles. The van der Waals surface area contributed by atoms with E-state index in [9.17, 15) is 9.59 Å². The van der Waals surface area contributed by atoms with Gasteiger partial charge in [0.05, 0.1) is 0 Å². The summed E-state index contributed by atoms with van der Waals surface area (Å²) in [4.78, 5) is 28.0. The van der Waals surface area contributed by atoms with Crippen LogP contribution >= 0.6 is 23.4 Å². The topological polar surface area (TPSA) is 49.4 Å². The van der Waals surface area contributed by atoms with E-state index in [2.05, 4.69) is 12.2 Å². The maximum Gasteiger partial charge on any atom is 0.255 e. The van der Waals surface area contributed by atoms with Crippen LogP contribution in [0.15, 0.2) is 54.6 Å². The molecule has 1 N–H and O–H groups in total. The van der Waals surface area contributed by atoms with Crippen LogP contribution in [0.5, 0.6) is 0 Å². The number of carbonyl (C=O) groups is 2. The highest BCUT2D eigenvalue weighted by Crippen LogP contribution is 2.44. The summed E-state index contributed by atoms with van der Waals surface area (Å²) in [5, 5.41) is 3.35. The molecule has 2 aromatic carbocycles. The minimum atomic E-state index is -0.514. The Labute approximate surface area is 182 Å². The second-order valence-corrected chi connectivity index (χ2v) is 8.67. The highest BCUT2D eigenvalue weighted by Gasteiger charge is 2.43. The molecule has 2 atom stereocenters. The summed E-state index contributed by atoms with van der Waals surface area (Å²) in [6, 6.07) is 16.1. The Hall–Kier alpha value is -1.98. The first kappa shape index (κ1) is 21.7. The van der Waals surface area contributed by atoms with Crippen molar-refractivity contribution in [2.75, 3.05) is 12.3 Å². The monoisotopic (exact) mass is 430 g/mol. The molecule has 1 aliphatic rings. The molecule has 6 heteroatoms. The van der Waals surface area contributed by atoms with Gasteiger partial charge in [0.2, 0.25) is 5.91 Å². The molecule has 29 heavy (non-hydrogen) atoms. The van der Waals surface area contributed by atoms with Crippen molar-refractivity contribution >= 4 is 35.2 Å². The normalized spacial score (nSPS) is 18.6. The van der Waals surface area contributed by atoms with Gasteiger partial charge >= 0.3 is 0 Å². The van der Waals surface area contributed by atoms with Gasteiger partial charge in [-0.2, -0.15) is 0 Å². The molecule has 1 aliphatic heterocycles. The minimum absolute atomic E-state index is 0.0900. The van der Waals surface area contributed by atoms with E-state index >= 15 is 0 Å². The fourth-order valence-corrected chi connectivity index (χ4v) is 5.25. The predicted octanol–water partition coefficient (Wildman–Crippen LogP) is 5.29. The Bertz CT molecular complexity index is 831. The third-order valence-corrected chi connectivity index (χ3v) is 6.71. The molecule has 2 aromatic rings. The summed E-state index contributed by atoms with van der Waals surface area (Å²) in [5.74, 6) is 0.314. The van der Waals surface area contributed by atoms with Crippen molar-refractivity contribution in [3.63, 3.8) is 0 Å². The molecule has 2 unspecified atom stereocenters. The Morgan fingerprint density at radius 1 is 1.07 bits per heavy atom. The van der Waals surface area contributed by atoms with Crippen molar-refractivity contribution in [3.05, 3.63) is 70.7 Å². The molecule has 0 aliphatic carbocycles. The zero-order valence-corrected chi connectivity index (χ0v) is 18.2. The third kappa shape index (κ3) is 5.34. The van der Waals surface area contributed by atoms with E-state index in [1.54, 1.807) is 28.8 Å². The number of rotatable bonds is 8. The van der Waals surface area contributed by atoms with Crippen LogP contribution in [0.3, 0.4) is 0 Å². The maximum atomic E-state index is 13.4. The highest BCUT2D eigenvalue weighted by molar-refractivity contribution is 7.99. The molecule has 0 radical (unpaired) electrons. The van der Waals surface area contributed by atoms with Crippen molar-refractivity contribution < 1.29 is 9.59 Å². The standard InChI is InChI=1S/C23H27ClN2O2S/c1-2-3-4-10-15-25-21(27)20-16-29-23(18-13-8-9-14-19(18)24)26(20)22(28)17-11-6-5-7-12-17/h5-9,11-14,20,23H,2-4,10,15-16H2,1H3,(H,25,27). The first-order chi connectivity index (χ1) is 14.1. The van der Waals surface area contributed by atoms with Crippen LogP contribution in [0.25, 0.3) is 0 Å². The molecule has 0 bridgehead atoms. The van der Waals surface area contributed by atoms with E-state index in [-0.39, 0.29) is 17.2 Å². The van der Waals surface area contributed by atoms with Gasteiger partial charge in [-0.05, 0) is 24.6 Å². The summed E-state index contributed by atoms with van der Waals surface area (Å²) < 4.78 is 0. The largest absolute Gasteiger partial charge is 0.354 e. The summed E-state index contributed by atoms with van der Waals surface area (Å²) in [6.07, 6.45) is 4.39. The Morgan fingerprint density at radius 2 is 1.79 bits per heavy atom. The fourth-order valence-electron chi connectivity index (χ4n) is 3.48. The molecule has 0 spiro atoms. The molecular weight excluding hydrogens is 404 g/mol. The van der Waals surface area contributed by atoms with Crippen LogP contribution < -0.4 is 5.32 Å². The fraction of sp³-hybridized carbons (Fsp3) is 0.391. The molecule has 0 saturated carbocycles. The number of halogens is 1. The lowest BCUT2D eigenvalue weighted by atomic mass is 10.1. The Kier molecular flexibility index (Phi) is 8.01. The molecule has 1 fully saturated rings.